The van der Waals surface area contributed by atoms with Gasteiger partial charge in [0, 0.05) is 0 Å². The second-order valence-corrected chi connectivity index (χ2v) is 6.43. The molecular formula is H2F6ISb. The molecule has 0 unspecified atom stereocenters. The van der Waals surface area contributed by atoms with Gasteiger partial charge >= 0.3 is 36.4 Å². The summed E-state index contributed by atoms with van der Waals surface area (Å²) in [4.78, 5) is 0. The summed E-state index contributed by atoms with van der Waals surface area (Å²) < 4.78 is 59.6. The Labute approximate surface area is 60.2 Å². The van der Waals surface area contributed by atoms with Crippen molar-refractivity contribution in [1.82, 2.24) is 0 Å². The normalized spacial score (nSPS) is 20.2. The number of hydrogen-bond acceptors (Lipinski definition) is 0. The van der Waals surface area contributed by atoms with Crippen LogP contribution in [-0.4, -0.2) is 19.5 Å². The van der Waals surface area contributed by atoms with Crippen LogP contribution >= 0.6 is 0 Å². The molecule has 0 fully saturated rings. The summed E-state index contributed by atoms with van der Waals surface area (Å²) in [7, 11) is 0. The SMILES string of the molecule is [F][Sb-]([F])([F])([F])([F])[F].[IH2+]. The molecule has 56 valence electrons. The van der Waals surface area contributed by atoms with Crippen LogP contribution in [0.5, 0.6) is 0 Å². The zero-order valence-corrected chi connectivity index (χ0v) is 8.27. The van der Waals surface area contributed by atoms with Gasteiger partial charge in [0.1, 0.15) is 0 Å². The molecule has 8 heteroatoms. The molecule has 0 aliphatic rings. The second kappa shape index (κ2) is 1.59. The molecule has 0 N–H and O–H groups in total. The Bertz CT molecular complexity index is 67.1. The van der Waals surface area contributed by atoms with E-state index in [0.717, 1.165) is 0 Å². The van der Waals surface area contributed by atoms with E-state index in [9.17, 15) is 16.9 Å². The summed E-state index contributed by atoms with van der Waals surface area (Å²) in [5.41, 5.74) is 0. The van der Waals surface area contributed by atoms with Crippen molar-refractivity contribution < 1.29 is 40.9 Å². The molecule has 0 aliphatic carbocycles. The van der Waals surface area contributed by atoms with Crippen molar-refractivity contribution in [2.75, 3.05) is 0 Å². The van der Waals surface area contributed by atoms with Crippen LogP contribution in [-0.2, 0) is 0 Å². The van der Waals surface area contributed by atoms with Gasteiger partial charge in [0.15, 0.2) is 0 Å². The van der Waals surface area contributed by atoms with Crippen molar-refractivity contribution in [2.24, 2.45) is 0 Å². The molecule has 0 aromatic carbocycles. The monoisotopic (exact) mass is 364 g/mol. The van der Waals surface area contributed by atoms with Gasteiger partial charge in [-0.3, -0.25) is 0 Å². The number of halogens is 7. The third-order valence-electron chi connectivity index (χ3n) is 0. The van der Waals surface area contributed by atoms with Gasteiger partial charge in [-0.15, -0.1) is 0 Å². The zero-order valence-electron chi connectivity index (χ0n) is 3.16. The van der Waals surface area contributed by atoms with Gasteiger partial charge in [-0.25, -0.2) is 0 Å². The van der Waals surface area contributed by atoms with Crippen molar-refractivity contribution in [1.29, 1.82) is 0 Å². The predicted molar refractivity (Wildman–Crippen MR) is 15.2 cm³/mol. The van der Waals surface area contributed by atoms with Gasteiger partial charge in [-0.2, -0.15) is 0 Å². The molecule has 0 amide bonds. The molecule has 0 aromatic heterocycles. The van der Waals surface area contributed by atoms with Crippen LogP contribution in [0.1, 0.15) is 0 Å². The minimum atomic E-state index is -11.2. The van der Waals surface area contributed by atoms with E-state index in [4.69, 9.17) is 0 Å². The molecule has 0 saturated heterocycles. The Hall–Kier alpha value is 1.13. The maximum Gasteiger partial charge on any atom is 0.235 e. The van der Waals surface area contributed by atoms with E-state index in [-0.39, 0.29) is 24.0 Å². The summed E-state index contributed by atoms with van der Waals surface area (Å²) in [6, 6.07) is 0. The van der Waals surface area contributed by atoms with E-state index in [2.05, 4.69) is 0 Å². The Morgan fingerprint density at radius 3 is 0.625 bits per heavy atom. The van der Waals surface area contributed by atoms with E-state index < -0.39 is 19.5 Å². The average molecular weight is 365 g/mol. The minimum Gasteiger partial charge on any atom is 0.235 e. The van der Waals surface area contributed by atoms with Gasteiger partial charge in [-0.05, 0) is 0 Å². The van der Waals surface area contributed by atoms with Crippen molar-refractivity contribution in [3.8, 4) is 0 Å². The summed E-state index contributed by atoms with van der Waals surface area (Å²) in [5, 5.41) is 0. The first-order valence-electron chi connectivity index (χ1n) is 1.01. The van der Waals surface area contributed by atoms with Crippen LogP contribution in [0.2, 0.25) is 0 Å². The van der Waals surface area contributed by atoms with E-state index >= 15 is 0 Å². The summed E-state index contributed by atoms with van der Waals surface area (Å²) >= 11 is -11.2. The largest absolute Gasteiger partial charge is 0.235 e. The van der Waals surface area contributed by atoms with Crippen LogP contribution < -0.4 is 24.0 Å². The predicted octanol–water partition coefficient (Wildman–Crippen LogP) is -1.39. The van der Waals surface area contributed by atoms with Crippen LogP contribution in [0.4, 0.5) is 16.9 Å². The molecule has 0 atom stereocenters. The van der Waals surface area contributed by atoms with E-state index in [0.29, 0.717) is 0 Å². The van der Waals surface area contributed by atoms with Gasteiger partial charge in [0.2, 0.25) is 24.0 Å². The molecule has 0 nitrogen and oxygen atoms in total. The van der Waals surface area contributed by atoms with Crippen molar-refractivity contribution in [2.45, 2.75) is 0 Å². The Morgan fingerprint density at radius 2 is 0.625 bits per heavy atom. The molecule has 8 heavy (non-hydrogen) atoms. The quantitative estimate of drug-likeness (QED) is 0.282. The van der Waals surface area contributed by atoms with Crippen molar-refractivity contribution >= 4 is 19.5 Å². The van der Waals surface area contributed by atoms with Crippen LogP contribution in [0.25, 0.3) is 0 Å². The molecule has 0 aliphatic heterocycles. The Kier molecular flexibility index (Phi) is 2.36. The first-order chi connectivity index (χ1) is 2.45. The van der Waals surface area contributed by atoms with Gasteiger partial charge in [0.25, 0.3) is 0 Å². The Morgan fingerprint density at radius 1 is 0.625 bits per heavy atom. The molecular weight excluding hydrogens is 363 g/mol. The van der Waals surface area contributed by atoms with Crippen LogP contribution in [0, 0.1) is 0 Å². The topological polar surface area (TPSA) is 0 Å². The molecule has 0 aromatic rings. The maximum atomic E-state index is 9.93. The molecule has 0 rings (SSSR count). The van der Waals surface area contributed by atoms with Crippen molar-refractivity contribution in [3.63, 3.8) is 0 Å². The fourth-order valence-corrected chi connectivity index (χ4v) is 0. The zero-order chi connectivity index (χ0) is 6.41. The molecule has 0 bridgehead atoms. The van der Waals surface area contributed by atoms with Crippen LogP contribution in [0.3, 0.4) is 0 Å². The first-order valence-corrected chi connectivity index (χ1v) is 6.80. The molecule has 0 spiro atoms. The summed E-state index contributed by atoms with van der Waals surface area (Å²) in [6.07, 6.45) is 0. The van der Waals surface area contributed by atoms with E-state index in [1.165, 1.54) is 0 Å². The van der Waals surface area contributed by atoms with E-state index in [1.807, 2.05) is 0 Å². The third-order valence-corrected chi connectivity index (χ3v) is 0. The molecule has 0 radical (unpaired) electrons. The molecule has 0 heterocycles. The van der Waals surface area contributed by atoms with E-state index in [1.54, 1.807) is 0 Å². The van der Waals surface area contributed by atoms with Gasteiger partial charge < -0.3 is 0 Å². The van der Waals surface area contributed by atoms with Crippen molar-refractivity contribution in [3.05, 3.63) is 0 Å². The number of rotatable bonds is 0. The first kappa shape index (κ1) is 11.9. The average Bonchev–Trinajstić information content (AvgIpc) is 0.592. The minimum absolute atomic E-state index is 0. The second-order valence-electron chi connectivity index (χ2n) is 0.958. The summed E-state index contributed by atoms with van der Waals surface area (Å²) in [5.74, 6) is 0. The standard InChI is InChI=1S/6FH.H2I.Sb/h6*1H;1H2;/q;;;;;;+1;+5/p-6. The number of hydrogen-bond donors (Lipinski definition) is 0. The van der Waals surface area contributed by atoms with Crippen LogP contribution in [0.15, 0.2) is 0 Å². The Balaban J connectivity index is 0. The summed E-state index contributed by atoms with van der Waals surface area (Å²) in [6.45, 7) is 0. The fourth-order valence-electron chi connectivity index (χ4n) is 0. The maximum absolute atomic E-state index is 11.2. The molecule has 0 saturated carbocycles. The third kappa shape index (κ3) is 210. The van der Waals surface area contributed by atoms with Gasteiger partial charge in [0.05, 0.1) is 0 Å². The smallest absolute Gasteiger partial charge is 0.235 e. The fraction of sp³-hybridized carbons (Fsp3) is 0. The van der Waals surface area contributed by atoms with Gasteiger partial charge in [-0.1, -0.05) is 0 Å².